The fourth-order valence-corrected chi connectivity index (χ4v) is 4.06. The van der Waals surface area contributed by atoms with Crippen LogP contribution in [0, 0.1) is 0 Å². The van der Waals surface area contributed by atoms with Crippen LogP contribution in [-0.2, 0) is 4.43 Å². The molecule has 1 nitrogen and oxygen atoms in total. The standard InChI is InChI=1S/C13H30OSSi/c1-5-6-7-8-9-11-15-12-10-13-16(3,4)14-2/h5-13H2,1-4H3. The molecule has 16 heavy (non-hydrogen) atoms. The van der Waals surface area contributed by atoms with E-state index in [-0.39, 0.29) is 0 Å². The van der Waals surface area contributed by atoms with E-state index >= 15 is 0 Å². The summed E-state index contributed by atoms with van der Waals surface area (Å²) in [7, 11) is 0.591. The van der Waals surface area contributed by atoms with Crippen LogP contribution in [0.3, 0.4) is 0 Å². The summed E-state index contributed by atoms with van der Waals surface area (Å²) in [6, 6.07) is 1.31. The van der Waals surface area contributed by atoms with Gasteiger partial charge in [0.2, 0.25) is 0 Å². The maximum Gasteiger partial charge on any atom is 0.186 e. The van der Waals surface area contributed by atoms with Gasteiger partial charge in [0.25, 0.3) is 0 Å². The number of thioether (sulfide) groups is 1. The molecule has 0 heterocycles. The van der Waals surface area contributed by atoms with Gasteiger partial charge in [-0.3, -0.25) is 0 Å². The molecule has 0 unspecified atom stereocenters. The Morgan fingerprint density at radius 1 is 0.938 bits per heavy atom. The topological polar surface area (TPSA) is 9.23 Å². The van der Waals surface area contributed by atoms with Crippen molar-refractivity contribution in [2.24, 2.45) is 0 Å². The third kappa shape index (κ3) is 11.0. The Morgan fingerprint density at radius 2 is 1.56 bits per heavy atom. The van der Waals surface area contributed by atoms with Crippen molar-refractivity contribution in [3.8, 4) is 0 Å². The third-order valence-corrected chi connectivity index (χ3v) is 6.83. The zero-order valence-electron chi connectivity index (χ0n) is 11.7. The van der Waals surface area contributed by atoms with Crippen LogP contribution >= 0.6 is 11.8 Å². The van der Waals surface area contributed by atoms with Crippen LogP contribution in [0.5, 0.6) is 0 Å². The molecule has 0 aliphatic carbocycles. The molecule has 0 fully saturated rings. The number of hydrogen-bond donors (Lipinski definition) is 0. The quantitative estimate of drug-likeness (QED) is 0.385. The largest absolute Gasteiger partial charge is 0.420 e. The summed E-state index contributed by atoms with van der Waals surface area (Å²) >= 11 is 2.13. The molecule has 0 bridgehead atoms. The fraction of sp³-hybridized carbons (Fsp3) is 1.00. The van der Waals surface area contributed by atoms with Crippen molar-refractivity contribution >= 4 is 20.1 Å². The van der Waals surface area contributed by atoms with Crippen molar-refractivity contribution in [2.45, 2.75) is 64.6 Å². The molecule has 0 amide bonds. The van der Waals surface area contributed by atoms with E-state index in [1.165, 1.54) is 56.1 Å². The van der Waals surface area contributed by atoms with Gasteiger partial charge in [0.1, 0.15) is 0 Å². The van der Waals surface area contributed by atoms with Crippen molar-refractivity contribution in [2.75, 3.05) is 18.6 Å². The Bertz CT molecular complexity index is 151. The summed E-state index contributed by atoms with van der Waals surface area (Å²) in [6.07, 6.45) is 8.38. The first-order chi connectivity index (χ1) is 7.62. The van der Waals surface area contributed by atoms with Gasteiger partial charge < -0.3 is 4.43 Å². The number of hydrogen-bond acceptors (Lipinski definition) is 2. The van der Waals surface area contributed by atoms with Crippen LogP contribution in [-0.4, -0.2) is 26.9 Å². The van der Waals surface area contributed by atoms with Crippen molar-refractivity contribution in [1.82, 2.24) is 0 Å². The maximum absolute atomic E-state index is 5.54. The molecule has 0 aromatic heterocycles. The summed E-state index contributed by atoms with van der Waals surface area (Å²) in [5.74, 6) is 2.69. The molecule has 0 radical (unpaired) electrons. The van der Waals surface area contributed by atoms with Gasteiger partial charge in [-0.2, -0.15) is 11.8 Å². The monoisotopic (exact) mass is 262 g/mol. The Labute approximate surface area is 108 Å². The first-order valence-electron chi connectivity index (χ1n) is 6.75. The van der Waals surface area contributed by atoms with E-state index in [2.05, 4.69) is 31.8 Å². The number of unbranched alkanes of at least 4 members (excludes halogenated alkanes) is 4. The van der Waals surface area contributed by atoms with Gasteiger partial charge in [0, 0.05) is 7.11 Å². The molecular formula is C13H30OSSi. The lowest BCUT2D eigenvalue weighted by molar-refractivity contribution is 0.403. The van der Waals surface area contributed by atoms with E-state index in [1.807, 2.05) is 7.11 Å². The molecular weight excluding hydrogens is 232 g/mol. The zero-order valence-corrected chi connectivity index (χ0v) is 13.5. The maximum atomic E-state index is 5.54. The molecule has 0 rings (SSSR count). The predicted octanol–water partition coefficient (Wildman–Crippen LogP) is 4.93. The highest BCUT2D eigenvalue weighted by Gasteiger charge is 2.19. The molecule has 3 heteroatoms. The lowest BCUT2D eigenvalue weighted by Gasteiger charge is -2.19. The molecule has 0 atom stereocenters. The molecule has 0 spiro atoms. The van der Waals surface area contributed by atoms with Crippen LogP contribution < -0.4 is 0 Å². The van der Waals surface area contributed by atoms with Gasteiger partial charge >= 0.3 is 0 Å². The van der Waals surface area contributed by atoms with Crippen molar-refractivity contribution in [3.63, 3.8) is 0 Å². The second kappa shape index (κ2) is 10.7. The molecule has 0 aliphatic rings. The van der Waals surface area contributed by atoms with Crippen LogP contribution in [0.1, 0.15) is 45.4 Å². The highest BCUT2D eigenvalue weighted by atomic mass is 32.2. The van der Waals surface area contributed by atoms with Gasteiger partial charge in [0.15, 0.2) is 8.32 Å². The third-order valence-electron chi connectivity index (χ3n) is 3.01. The van der Waals surface area contributed by atoms with Gasteiger partial charge in [-0.25, -0.2) is 0 Å². The SMILES string of the molecule is CCCCCCCSCCC[Si](C)(C)OC. The van der Waals surface area contributed by atoms with Gasteiger partial charge in [0.05, 0.1) is 0 Å². The van der Waals surface area contributed by atoms with E-state index < -0.39 is 8.32 Å². The summed E-state index contributed by atoms with van der Waals surface area (Å²) < 4.78 is 5.54. The van der Waals surface area contributed by atoms with Crippen LogP contribution in [0.4, 0.5) is 0 Å². The van der Waals surface area contributed by atoms with E-state index in [0.29, 0.717) is 0 Å². The van der Waals surface area contributed by atoms with Crippen molar-refractivity contribution in [1.29, 1.82) is 0 Å². The van der Waals surface area contributed by atoms with Gasteiger partial charge in [-0.15, -0.1) is 0 Å². The predicted molar refractivity (Wildman–Crippen MR) is 80.0 cm³/mol. The minimum atomic E-state index is -1.28. The highest BCUT2D eigenvalue weighted by Crippen LogP contribution is 2.16. The molecule has 98 valence electrons. The van der Waals surface area contributed by atoms with Crippen LogP contribution in [0.25, 0.3) is 0 Å². The molecule has 0 aromatic rings. The average molecular weight is 263 g/mol. The number of rotatable bonds is 11. The fourth-order valence-electron chi connectivity index (χ4n) is 1.61. The van der Waals surface area contributed by atoms with Crippen molar-refractivity contribution in [3.05, 3.63) is 0 Å². The Morgan fingerprint density at radius 3 is 2.19 bits per heavy atom. The Balaban J connectivity index is 3.10. The van der Waals surface area contributed by atoms with E-state index in [9.17, 15) is 0 Å². The summed E-state index contributed by atoms with van der Waals surface area (Å²) in [5, 5.41) is 0. The summed E-state index contributed by atoms with van der Waals surface area (Å²) in [5.41, 5.74) is 0. The molecule has 0 aliphatic heterocycles. The summed E-state index contributed by atoms with van der Waals surface area (Å²) in [4.78, 5) is 0. The Hall–Kier alpha value is 0.527. The smallest absolute Gasteiger partial charge is 0.186 e. The summed E-state index contributed by atoms with van der Waals surface area (Å²) in [6.45, 7) is 6.89. The molecule has 0 aromatic carbocycles. The van der Waals surface area contributed by atoms with E-state index in [4.69, 9.17) is 4.43 Å². The molecule has 0 saturated carbocycles. The lowest BCUT2D eigenvalue weighted by atomic mass is 10.2. The second-order valence-electron chi connectivity index (χ2n) is 5.09. The Kier molecular flexibility index (Phi) is 11.0. The lowest BCUT2D eigenvalue weighted by Crippen LogP contribution is -2.28. The zero-order chi connectivity index (χ0) is 12.3. The average Bonchev–Trinajstić information content (AvgIpc) is 2.27. The van der Waals surface area contributed by atoms with Crippen molar-refractivity contribution < 1.29 is 4.43 Å². The first kappa shape index (κ1) is 16.5. The van der Waals surface area contributed by atoms with Crippen LogP contribution in [0.15, 0.2) is 0 Å². The minimum absolute atomic E-state index is 1.28. The highest BCUT2D eigenvalue weighted by molar-refractivity contribution is 7.99. The van der Waals surface area contributed by atoms with Crippen LogP contribution in [0.2, 0.25) is 19.1 Å². The van der Waals surface area contributed by atoms with E-state index in [1.54, 1.807) is 0 Å². The normalized spacial score (nSPS) is 12.0. The van der Waals surface area contributed by atoms with Gasteiger partial charge in [-0.05, 0) is 43.5 Å². The second-order valence-corrected chi connectivity index (χ2v) is 10.7. The first-order valence-corrected chi connectivity index (χ1v) is 11.0. The molecule has 0 N–H and O–H groups in total. The van der Waals surface area contributed by atoms with E-state index in [0.717, 1.165) is 0 Å². The molecule has 0 saturated heterocycles. The van der Waals surface area contributed by atoms with Gasteiger partial charge in [-0.1, -0.05) is 32.6 Å². The minimum Gasteiger partial charge on any atom is -0.420 e.